The number of likely N-dealkylation sites (tertiary alicyclic amines) is 1. The van der Waals surface area contributed by atoms with Gasteiger partial charge < -0.3 is 10.0 Å². The summed E-state index contributed by atoms with van der Waals surface area (Å²) >= 11 is 0. The van der Waals surface area contributed by atoms with Gasteiger partial charge in [-0.25, -0.2) is 0 Å². The topological polar surface area (TPSA) is 40.5 Å². The Morgan fingerprint density at radius 3 is 2.26 bits per heavy atom. The minimum absolute atomic E-state index is 0.564. The Morgan fingerprint density at radius 1 is 1.21 bits per heavy atom. The highest BCUT2D eigenvalue weighted by Gasteiger charge is 2.51. The smallest absolute Gasteiger partial charge is 0.314 e. The summed E-state index contributed by atoms with van der Waals surface area (Å²) in [5, 5.41) is 9.30. The Kier molecular flexibility index (Phi) is 3.09. The van der Waals surface area contributed by atoms with Crippen LogP contribution in [0.5, 0.6) is 0 Å². The summed E-state index contributed by atoms with van der Waals surface area (Å²) in [5.41, 5.74) is 1.79. The maximum absolute atomic E-state index is 11.3. The van der Waals surface area contributed by atoms with E-state index in [0.717, 1.165) is 31.5 Å². The van der Waals surface area contributed by atoms with E-state index in [9.17, 15) is 9.90 Å². The van der Waals surface area contributed by atoms with Crippen molar-refractivity contribution in [2.45, 2.75) is 37.0 Å². The van der Waals surface area contributed by atoms with Gasteiger partial charge >= 0.3 is 5.97 Å². The van der Waals surface area contributed by atoms with E-state index in [1.807, 2.05) is 12.1 Å². The van der Waals surface area contributed by atoms with Gasteiger partial charge in [0.25, 0.3) is 0 Å². The molecule has 0 radical (unpaired) electrons. The van der Waals surface area contributed by atoms with Crippen molar-refractivity contribution in [1.29, 1.82) is 0 Å². The molecule has 1 aromatic rings. The third-order valence-corrected chi connectivity index (χ3v) is 4.81. The number of benzene rings is 1. The summed E-state index contributed by atoms with van der Waals surface area (Å²) < 4.78 is 0. The molecule has 19 heavy (non-hydrogen) atoms. The number of carbonyl (C=O) groups is 1. The second-order valence-electron chi connectivity index (χ2n) is 6.09. The van der Waals surface area contributed by atoms with Gasteiger partial charge in [0.05, 0.1) is 5.41 Å². The molecular weight excluding hydrogens is 238 g/mol. The van der Waals surface area contributed by atoms with E-state index >= 15 is 0 Å². The zero-order chi connectivity index (χ0) is 13.5. The summed E-state index contributed by atoms with van der Waals surface area (Å²) in [6.45, 7) is 2.32. The molecule has 1 aliphatic heterocycles. The molecule has 1 saturated carbocycles. The Bertz CT molecular complexity index is 468. The molecule has 1 aromatic carbocycles. The van der Waals surface area contributed by atoms with Crippen molar-refractivity contribution in [1.82, 2.24) is 4.90 Å². The molecule has 1 N–H and O–H groups in total. The second kappa shape index (κ2) is 4.64. The number of carboxylic acid groups (broad SMARTS) is 1. The van der Waals surface area contributed by atoms with Gasteiger partial charge in [0.2, 0.25) is 0 Å². The molecule has 0 atom stereocenters. The van der Waals surface area contributed by atoms with E-state index in [4.69, 9.17) is 0 Å². The van der Waals surface area contributed by atoms with Gasteiger partial charge in [-0.2, -0.15) is 0 Å². The van der Waals surface area contributed by atoms with Gasteiger partial charge in [-0.05, 0) is 62.9 Å². The molecule has 1 saturated heterocycles. The van der Waals surface area contributed by atoms with Crippen LogP contribution < -0.4 is 0 Å². The minimum atomic E-state index is -0.667. The van der Waals surface area contributed by atoms with Crippen LogP contribution in [-0.2, 0) is 10.2 Å². The molecule has 1 aliphatic carbocycles. The molecule has 0 bridgehead atoms. The molecule has 0 amide bonds. The Labute approximate surface area is 114 Å². The first-order valence-electron chi connectivity index (χ1n) is 7.14. The first-order valence-corrected chi connectivity index (χ1v) is 7.14. The van der Waals surface area contributed by atoms with E-state index < -0.39 is 11.4 Å². The predicted molar refractivity (Wildman–Crippen MR) is 74.5 cm³/mol. The number of nitrogens with zero attached hydrogens (tertiary/aromatic N) is 1. The van der Waals surface area contributed by atoms with Crippen LogP contribution in [0.1, 0.15) is 42.7 Å². The molecule has 0 unspecified atom stereocenters. The lowest BCUT2D eigenvalue weighted by molar-refractivity contribution is -0.140. The first-order chi connectivity index (χ1) is 9.12. The molecule has 0 aromatic heterocycles. The lowest BCUT2D eigenvalue weighted by Crippen LogP contribution is -2.29. The first kappa shape index (κ1) is 12.7. The van der Waals surface area contributed by atoms with Crippen LogP contribution >= 0.6 is 0 Å². The van der Waals surface area contributed by atoms with Crippen LogP contribution in [0.15, 0.2) is 24.3 Å². The summed E-state index contributed by atoms with van der Waals surface area (Å²) in [4.78, 5) is 13.7. The minimum Gasteiger partial charge on any atom is -0.481 e. The fourth-order valence-electron chi connectivity index (χ4n) is 3.17. The molecule has 2 fully saturated rings. The normalized spacial score (nSPS) is 23.2. The molecule has 3 rings (SSSR count). The molecule has 1 heterocycles. The van der Waals surface area contributed by atoms with Gasteiger partial charge in [0.15, 0.2) is 0 Å². The van der Waals surface area contributed by atoms with Crippen LogP contribution in [0.2, 0.25) is 0 Å². The third kappa shape index (κ3) is 2.27. The molecular formula is C16H21NO2. The highest BCUT2D eigenvalue weighted by Crippen LogP contribution is 2.48. The van der Waals surface area contributed by atoms with Crippen LogP contribution in [0.4, 0.5) is 0 Å². The lowest BCUT2D eigenvalue weighted by Gasteiger charge is -2.29. The molecule has 102 valence electrons. The monoisotopic (exact) mass is 259 g/mol. The maximum atomic E-state index is 11.3. The van der Waals surface area contributed by atoms with E-state index in [1.54, 1.807) is 0 Å². The molecule has 2 aliphatic rings. The fourth-order valence-corrected chi connectivity index (χ4v) is 3.17. The van der Waals surface area contributed by atoms with Crippen molar-refractivity contribution in [3.8, 4) is 0 Å². The summed E-state index contributed by atoms with van der Waals surface area (Å²) in [6, 6.07) is 8.37. The zero-order valence-electron chi connectivity index (χ0n) is 11.4. The van der Waals surface area contributed by atoms with Gasteiger partial charge in [-0.1, -0.05) is 24.3 Å². The fraction of sp³-hybridized carbons (Fsp3) is 0.562. The van der Waals surface area contributed by atoms with Crippen molar-refractivity contribution in [2.24, 2.45) is 0 Å². The van der Waals surface area contributed by atoms with E-state index in [2.05, 4.69) is 24.1 Å². The largest absolute Gasteiger partial charge is 0.481 e. The van der Waals surface area contributed by atoms with E-state index in [-0.39, 0.29) is 0 Å². The highest BCUT2D eigenvalue weighted by atomic mass is 16.4. The summed E-state index contributed by atoms with van der Waals surface area (Å²) in [6.07, 6.45) is 3.99. The van der Waals surface area contributed by atoms with Crippen molar-refractivity contribution in [2.75, 3.05) is 20.1 Å². The van der Waals surface area contributed by atoms with Gasteiger partial charge in [-0.3, -0.25) is 4.79 Å². The Morgan fingerprint density at radius 2 is 1.79 bits per heavy atom. The van der Waals surface area contributed by atoms with Gasteiger partial charge in [0, 0.05) is 0 Å². The summed E-state index contributed by atoms with van der Waals surface area (Å²) in [7, 11) is 2.17. The average Bonchev–Trinajstić information content (AvgIpc) is 3.21. The van der Waals surface area contributed by atoms with E-state index in [0.29, 0.717) is 5.92 Å². The lowest BCUT2D eigenvalue weighted by atomic mass is 9.87. The summed E-state index contributed by atoms with van der Waals surface area (Å²) in [5.74, 6) is -0.0234. The molecule has 3 nitrogen and oxygen atoms in total. The number of piperidine rings is 1. The SMILES string of the molecule is CN1CCC(c2ccc(C3(C(=O)O)CC3)cc2)CC1. The van der Waals surface area contributed by atoms with E-state index in [1.165, 1.54) is 18.4 Å². The van der Waals surface area contributed by atoms with Crippen LogP contribution in [-0.4, -0.2) is 36.1 Å². The van der Waals surface area contributed by atoms with Crippen LogP contribution in [0, 0.1) is 0 Å². The number of hydrogen-bond acceptors (Lipinski definition) is 2. The van der Waals surface area contributed by atoms with Crippen molar-refractivity contribution < 1.29 is 9.90 Å². The number of aliphatic carboxylic acids is 1. The average molecular weight is 259 g/mol. The number of rotatable bonds is 3. The van der Waals surface area contributed by atoms with Crippen molar-refractivity contribution in [3.63, 3.8) is 0 Å². The maximum Gasteiger partial charge on any atom is 0.314 e. The molecule has 0 spiro atoms. The molecule has 3 heteroatoms. The quantitative estimate of drug-likeness (QED) is 0.907. The van der Waals surface area contributed by atoms with Crippen LogP contribution in [0.3, 0.4) is 0 Å². The van der Waals surface area contributed by atoms with Crippen LogP contribution in [0.25, 0.3) is 0 Å². The number of hydrogen-bond donors (Lipinski definition) is 1. The standard InChI is InChI=1S/C16H21NO2/c1-17-10-6-13(7-11-17)12-2-4-14(5-3-12)16(8-9-16)15(18)19/h2-5,13H,6-11H2,1H3,(H,18,19). The van der Waals surface area contributed by atoms with Gasteiger partial charge in [0.1, 0.15) is 0 Å². The van der Waals surface area contributed by atoms with Crippen molar-refractivity contribution in [3.05, 3.63) is 35.4 Å². The zero-order valence-corrected chi connectivity index (χ0v) is 11.4. The highest BCUT2D eigenvalue weighted by molar-refractivity contribution is 5.84. The number of carboxylic acids is 1. The van der Waals surface area contributed by atoms with Crippen molar-refractivity contribution >= 4 is 5.97 Å². The van der Waals surface area contributed by atoms with Gasteiger partial charge in [-0.15, -0.1) is 0 Å². The Hall–Kier alpha value is -1.35. The second-order valence-corrected chi connectivity index (χ2v) is 6.09. The third-order valence-electron chi connectivity index (χ3n) is 4.81. The predicted octanol–water partition coefficient (Wildman–Crippen LogP) is 2.61. The Balaban J connectivity index is 1.74.